The van der Waals surface area contributed by atoms with E-state index >= 15 is 0 Å². The van der Waals surface area contributed by atoms with Crippen LogP contribution in [0, 0.1) is 0 Å². The summed E-state index contributed by atoms with van der Waals surface area (Å²) in [7, 11) is 0. The molecule has 0 amide bonds. The van der Waals surface area contributed by atoms with E-state index in [4.69, 9.17) is 4.74 Å². The first-order valence-electron chi connectivity index (χ1n) is 6.24. The molecular weight excluding hydrogens is 248 g/mol. The zero-order valence-corrected chi connectivity index (χ0v) is 11.6. The summed E-state index contributed by atoms with van der Waals surface area (Å²) in [6.07, 6.45) is 3.48. The molecule has 102 valence electrons. The zero-order valence-electron chi connectivity index (χ0n) is 11.6. The van der Waals surface area contributed by atoms with Crippen LogP contribution in [0.2, 0.25) is 0 Å². The van der Waals surface area contributed by atoms with Crippen molar-refractivity contribution >= 4 is 18.1 Å². The molecular formula is C18H18O2. The number of rotatable bonds is 3. The van der Waals surface area contributed by atoms with Gasteiger partial charge in [0, 0.05) is 12.5 Å². The molecule has 2 aromatic rings. The third kappa shape index (κ3) is 5.36. The molecule has 0 saturated carbocycles. The van der Waals surface area contributed by atoms with Gasteiger partial charge in [0.05, 0.1) is 0 Å². The number of carbonyl (C=O) groups excluding carboxylic acids is 1. The van der Waals surface area contributed by atoms with Crippen LogP contribution in [0.4, 0.5) is 0 Å². The molecule has 0 aliphatic carbocycles. The number of hydrogen-bond acceptors (Lipinski definition) is 2. The van der Waals surface area contributed by atoms with E-state index < -0.39 is 0 Å². The number of carbonyl (C=O) groups is 1. The van der Waals surface area contributed by atoms with Gasteiger partial charge in [-0.25, -0.2) is 0 Å². The Hall–Kier alpha value is -2.61. The van der Waals surface area contributed by atoms with Gasteiger partial charge in [0.25, 0.3) is 0 Å². The highest BCUT2D eigenvalue weighted by atomic mass is 16.5. The van der Waals surface area contributed by atoms with Gasteiger partial charge in [0.15, 0.2) is 0 Å². The minimum atomic E-state index is -0.315. The van der Waals surface area contributed by atoms with E-state index in [9.17, 15) is 4.79 Å². The predicted octanol–water partition coefficient (Wildman–Crippen LogP) is 4.58. The van der Waals surface area contributed by atoms with E-state index in [0.29, 0.717) is 5.75 Å². The van der Waals surface area contributed by atoms with Crippen LogP contribution in [0.3, 0.4) is 0 Å². The lowest BCUT2D eigenvalue weighted by Gasteiger charge is -2.03. The monoisotopic (exact) mass is 266 g/mol. The van der Waals surface area contributed by atoms with Gasteiger partial charge in [-0.1, -0.05) is 73.8 Å². The molecule has 0 bridgehead atoms. The highest BCUT2D eigenvalue weighted by Crippen LogP contribution is 2.18. The summed E-state index contributed by atoms with van der Waals surface area (Å²) in [4.78, 5) is 10.6. The van der Waals surface area contributed by atoms with E-state index in [1.54, 1.807) is 12.1 Å². The Morgan fingerprint density at radius 1 is 0.950 bits per heavy atom. The maximum absolute atomic E-state index is 10.6. The van der Waals surface area contributed by atoms with Crippen molar-refractivity contribution in [3.05, 3.63) is 78.9 Å². The summed E-state index contributed by atoms with van der Waals surface area (Å²) in [5.41, 5.74) is 2.00. The molecule has 0 unspecified atom stereocenters. The average Bonchev–Trinajstić information content (AvgIpc) is 2.49. The van der Waals surface area contributed by atoms with Crippen LogP contribution in [-0.2, 0) is 4.79 Å². The first kappa shape index (κ1) is 15.4. The fraction of sp³-hybridized carbons (Fsp3) is 0.0556. The number of para-hydroxylation sites is 1. The normalized spacial score (nSPS) is 8.85. The minimum absolute atomic E-state index is 0.315. The average molecular weight is 266 g/mol. The molecule has 2 rings (SSSR count). The van der Waals surface area contributed by atoms with E-state index in [2.05, 4.69) is 13.2 Å². The van der Waals surface area contributed by atoms with Gasteiger partial charge < -0.3 is 4.74 Å². The van der Waals surface area contributed by atoms with Gasteiger partial charge in [-0.05, 0) is 11.6 Å². The van der Waals surface area contributed by atoms with Crippen LogP contribution in [-0.4, -0.2) is 5.97 Å². The van der Waals surface area contributed by atoms with Crippen molar-refractivity contribution in [2.45, 2.75) is 6.92 Å². The van der Waals surface area contributed by atoms with E-state index in [1.807, 2.05) is 54.6 Å². The Morgan fingerprint density at radius 3 is 2.05 bits per heavy atom. The highest BCUT2D eigenvalue weighted by Gasteiger charge is 2.00. The van der Waals surface area contributed by atoms with Crippen molar-refractivity contribution in [1.29, 1.82) is 0 Å². The van der Waals surface area contributed by atoms with E-state index in [0.717, 1.165) is 5.56 Å². The lowest BCUT2D eigenvalue weighted by Crippen LogP contribution is -2.02. The second-order valence-electron chi connectivity index (χ2n) is 3.95. The van der Waals surface area contributed by atoms with Crippen LogP contribution < -0.4 is 4.74 Å². The van der Waals surface area contributed by atoms with Crippen LogP contribution in [0.25, 0.3) is 12.2 Å². The Morgan fingerprint density at radius 2 is 1.55 bits per heavy atom. The second-order valence-corrected chi connectivity index (χ2v) is 3.95. The van der Waals surface area contributed by atoms with Crippen LogP contribution >= 0.6 is 0 Å². The van der Waals surface area contributed by atoms with Crippen LogP contribution in [0.15, 0.2) is 67.8 Å². The van der Waals surface area contributed by atoms with Crippen molar-refractivity contribution in [3.63, 3.8) is 0 Å². The molecule has 0 heterocycles. The van der Waals surface area contributed by atoms with Crippen molar-refractivity contribution in [2.24, 2.45) is 0 Å². The summed E-state index contributed by atoms with van der Waals surface area (Å²) in [6, 6.07) is 17.3. The molecule has 0 saturated heterocycles. The Labute approximate surface area is 120 Å². The summed E-state index contributed by atoms with van der Waals surface area (Å²) in [5.74, 6) is 0.240. The lowest BCUT2D eigenvalue weighted by atomic mass is 10.2. The highest BCUT2D eigenvalue weighted by molar-refractivity contribution is 5.71. The molecule has 0 spiro atoms. The standard InChI is InChI=1S/C10H10O2.C8H8/c1-3-9-6-4-5-7-10(9)12-8(2)11;1-2-8-6-4-3-5-7-8/h3-7H,1H2,2H3;2-7H,1H2. The third-order valence-electron chi connectivity index (χ3n) is 2.43. The summed E-state index contributed by atoms with van der Waals surface area (Å²) < 4.78 is 4.93. The molecule has 20 heavy (non-hydrogen) atoms. The smallest absolute Gasteiger partial charge is 0.308 e. The number of benzene rings is 2. The van der Waals surface area contributed by atoms with E-state index in [1.165, 1.54) is 12.5 Å². The molecule has 0 atom stereocenters. The second kappa shape index (κ2) is 8.48. The first-order chi connectivity index (χ1) is 9.67. The van der Waals surface area contributed by atoms with Gasteiger partial charge in [-0.15, -0.1) is 0 Å². The van der Waals surface area contributed by atoms with Gasteiger partial charge in [0.2, 0.25) is 0 Å². The Bertz CT molecular complexity index is 571. The quantitative estimate of drug-likeness (QED) is 0.600. The molecule has 0 radical (unpaired) electrons. The van der Waals surface area contributed by atoms with Gasteiger partial charge in [-0.3, -0.25) is 4.79 Å². The molecule has 0 N–H and O–H groups in total. The molecule has 2 heteroatoms. The van der Waals surface area contributed by atoms with Gasteiger partial charge in [0.1, 0.15) is 5.75 Å². The first-order valence-corrected chi connectivity index (χ1v) is 6.24. The molecule has 0 fully saturated rings. The van der Waals surface area contributed by atoms with Gasteiger partial charge >= 0.3 is 5.97 Å². The third-order valence-corrected chi connectivity index (χ3v) is 2.43. The summed E-state index contributed by atoms with van der Waals surface area (Å²) >= 11 is 0. The van der Waals surface area contributed by atoms with Crippen molar-refractivity contribution in [1.82, 2.24) is 0 Å². The number of ether oxygens (including phenoxy) is 1. The topological polar surface area (TPSA) is 26.3 Å². The molecule has 2 aromatic carbocycles. The number of esters is 1. The predicted molar refractivity (Wildman–Crippen MR) is 84.4 cm³/mol. The van der Waals surface area contributed by atoms with Crippen molar-refractivity contribution in [3.8, 4) is 5.75 Å². The van der Waals surface area contributed by atoms with Crippen molar-refractivity contribution in [2.75, 3.05) is 0 Å². The fourth-order valence-electron chi connectivity index (χ4n) is 1.49. The lowest BCUT2D eigenvalue weighted by molar-refractivity contribution is -0.131. The molecule has 0 aromatic heterocycles. The van der Waals surface area contributed by atoms with Gasteiger partial charge in [-0.2, -0.15) is 0 Å². The molecule has 2 nitrogen and oxygen atoms in total. The minimum Gasteiger partial charge on any atom is -0.426 e. The van der Waals surface area contributed by atoms with Crippen LogP contribution in [0.5, 0.6) is 5.75 Å². The van der Waals surface area contributed by atoms with E-state index in [-0.39, 0.29) is 5.97 Å². The summed E-state index contributed by atoms with van der Waals surface area (Å²) in [5, 5.41) is 0. The summed E-state index contributed by atoms with van der Waals surface area (Å²) in [6.45, 7) is 8.61. The Kier molecular flexibility index (Phi) is 6.55. The maximum atomic E-state index is 10.6. The number of hydrogen-bond donors (Lipinski definition) is 0. The van der Waals surface area contributed by atoms with Crippen molar-refractivity contribution < 1.29 is 9.53 Å². The fourth-order valence-corrected chi connectivity index (χ4v) is 1.49. The SMILES string of the molecule is C=Cc1ccccc1.C=Cc1ccccc1OC(C)=O. The molecule has 0 aliphatic rings. The molecule has 0 aliphatic heterocycles. The zero-order chi connectivity index (χ0) is 14.8. The Balaban J connectivity index is 0.000000217. The van der Waals surface area contributed by atoms with Crippen LogP contribution in [0.1, 0.15) is 18.1 Å². The largest absolute Gasteiger partial charge is 0.426 e. The maximum Gasteiger partial charge on any atom is 0.308 e.